The highest BCUT2D eigenvalue weighted by atomic mass is 19.4. The van der Waals surface area contributed by atoms with Gasteiger partial charge in [-0.15, -0.1) is 0 Å². The zero-order valence-corrected chi connectivity index (χ0v) is 11.5. The fraction of sp³-hybridized carbons (Fsp3) is 0.286. The van der Waals surface area contributed by atoms with Crippen LogP contribution in [0.25, 0.3) is 0 Å². The number of aromatic nitrogens is 2. The van der Waals surface area contributed by atoms with Gasteiger partial charge < -0.3 is 5.32 Å². The van der Waals surface area contributed by atoms with Crippen LogP contribution in [0.15, 0.2) is 24.3 Å². The standard InChI is InChI=1S/C14H13F3N4/c1-9-12(7-18)13(21(2)20-9)19-8-10-3-5-11(6-4-10)14(15,16)17/h3-6,19H,8H2,1-2H3. The van der Waals surface area contributed by atoms with E-state index in [-0.39, 0.29) is 0 Å². The first kappa shape index (κ1) is 14.9. The van der Waals surface area contributed by atoms with Crippen LogP contribution in [0, 0.1) is 18.3 Å². The van der Waals surface area contributed by atoms with Gasteiger partial charge in [0.05, 0.1) is 11.3 Å². The van der Waals surface area contributed by atoms with Crippen LogP contribution in [-0.2, 0) is 19.8 Å². The Labute approximate surface area is 119 Å². The molecule has 0 aliphatic heterocycles. The monoisotopic (exact) mass is 294 g/mol. The molecule has 0 saturated carbocycles. The van der Waals surface area contributed by atoms with Gasteiger partial charge in [-0.05, 0) is 24.6 Å². The first-order valence-corrected chi connectivity index (χ1v) is 6.16. The predicted molar refractivity (Wildman–Crippen MR) is 71.4 cm³/mol. The lowest BCUT2D eigenvalue weighted by atomic mass is 10.1. The van der Waals surface area contributed by atoms with Crippen molar-refractivity contribution in [2.45, 2.75) is 19.6 Å². The van der Waals surface area contributed by atoms with E-state index in [0.29, 0.717) is 29.2 Å². The number of rotatable bonds is 3. The Hall–Kier alpha value is -2.49. The van der Waals surface area contributed by atoms with Gasteiger partial charge in [-0.25, -0.2) is 0 Å². The van der Waals surface area contributed by atoms with Gasteiger partial charge >= 0.3 is 6.18 Å². The molecule has 0 unspecified atom stereocenters. The second kappa shape index (κ2) is 5.48. The quantitative estimate of drug-likeness (QED) is 0.945. The molecule has 7 heteroatoms. The number of nitrogens with zero attached hydrogens (tertiary/aromatic N) is 3. The fourth-order valence-corrected chi connectivity index (χ4v) is 1.99. The molecule has 0 amide bonds. The van der Waals surface area contributed by atoms with Crippen LogP contribution >= 0.6 is 0 Å². The maximum absolute atomic E-state index is 12.5. The van der Waals surface area contributed by atoms with E-state index in [1.807, 2.05) is 0 Å². The van der Waals surface area contributed by atoms with Gasteiger partial charge in [-0.3, -0.25) is 4.68 Å². The predicted octanol–water partition coefficient (Wildman–Crippen LogP) is 3.23. The first-order valence-electron chi connectivity index (χ1n) is 6.16. The summed E-state index contributed by atoms with van der Waals surface area (Å²) < 4.78 is 38.9. The maximum Gasteiger partial charge on any atom is 0.416 e. The van der Waals surface area contributed by atoms with Gasteiger partial charge in [0.25, 0.3) is 0 Å². The van der Waals surface area contributed by atoms with Crippen molar-refractivity contribution in [1.82, 2.24) is 9.78 Å². The number of halogens is 3. The number of nitriles is 1. The molecule has 0 aliphatic carbocycles. The van der Waals surface area contributed by atoms with Crippen molar-refractivity contribution in [3.8, 4) is 6.07 Å². The second-order valence-electron chi connectivity index (χ2n) is 4.59. The van der Waals surface area contributed by atoms with Crippen LogP contribution in [0.1, 0.15) is 22.4 Å². The summed E-state index contributed by atoms with van der Waals surface area (Å²) in [5.41, 5.74) is 1.05. The third-order valence-electron chi connectivity index (χ3n) is 3.08. The minimum absolute atomic E-state index is 0.311. The Morgan fingerprint density at radius 3 is 2.43 bits per heavy atom. The number of hydrogen-bond acceptors (Lipinski definition) is 3. The maximum atomic E-state index is 12.5. The summed E-state index contributed by atoms with van der Waals surface area (Å²) in [6.45, 7) is 2.04. The molecule has 2 rings (SSSR count). The molecule has 0 saturated heterocycles. The molecule has 0 aliphatic rings. The molecule has 0 fully saturated rings. The Bertz CT molecular complexity index is 678. The molecule has 0 bridgehead atoms. The molecule has 2 aromatic rings. The molecule has 0 radical (unpaired) electrons. The van der Waals surface area contributed by atoms with Crippen LogP contribution in [0.3, 0.4) is 0 Å². The number of hydrogen-bond donors (Lipinski definition) is 1. The molecule has 0 atom stereocenters. The van der Waals surface area contributed by atoms with Gasteiger partial charge in [0, 0.05) is 13.6 Å². The van der Waals surface area contributed by atoms with E-state index in [1.54, 1.807) is 14.0 Å². The van der Waals surface area contributed by atoms with Crippen LogP contribution in [-0.4, -0.2) is 9.78 Å². The van der Waals surface area contributed by atoms with Crippen LogP contribution in [0.2, 0.25) is 0 Å². The molecule has 110 valence electrons. The summed E-state index contributed by atoms with van der Waals surface area (Å²) in [6, 6.07) is 6.95. The fourth-order valence-electron chi connectivity index (χ4n) is 1.99. The molecule has 1 N–H and O–H groups in total. The summed E-state index contributed by atoms with van der Waals surface area (Å²) in [5, 5.41) is 16.2. The number of benzene rings is 1. The first-order chi connectivity index (χ1) is 9.82. The van der Waals surface area contributed by atoms with Crippen molar-refractivity contribution in [3.63, 3.8) is 0 Å². The summed E-state index contributed by atoms with van der Waals surface area (Å²) >= 11 is 0. The molecule has 4 nitrogen and oxygen atoms in total. The van der Waals surface area contributed by atoms with Crippen molar-refractivity contribution in [3.05, 3.63) is 46.6 Å². The van der Waals surface area contributed by atoms with Crippen molar-refractivity contribution in [2.24, 2.45) is 7.05 Å². The summed E-state index contributed by atoms with van der Waals surface area (Å²) in [5.74, 6) is 0.551. The minimum Gasteiger partial charge on any atom is -0.365 e. The van der Waals surface area contributed by atoms with Crippen molar-refractivity contribution < 1.29 is 13.2 Å². The Kier molecular flexibility index (Phi) is 3.89. The second-order valence-corrected chi connectivity index (χ2v) is 4.59. The average Bonchev–Trinajstić information content (AvgIpc) is 2.69. The SMILES string of the molecule is Cc1nn(C)c(NCc2ccc(C(F)(F)F)cc2)c1C#N. The lowest BCUT2D eigenvalue weighted by molar-refractivity contribution is -0.137. The molecule has 1 heterocycles. The molecular weight excluding hydrogens is 281 g/mol. The third kappa shape index (κ3) is 3.16. The van der Waals surface area contributed by atoms with Gasteiger partial charge in [-0.1, -0.05) is 12.1 Å². The normalized spacial score (nSPS) is 11.2. The van der Waals surface area contributed by atoms with Crippen LogP contribution in [0.5, 0.6) is 0 Å². The van der Waals surface area contributed by atoms with Crippen LogP contribution in [0.4, 0.5) is 19.0 Å². The lowest BCUT2D eigenvalue weighted by Gasteiger charge is -2.09. The van der Waals surface area contributed by atoms with Crippen LogP contribution < -0.4 is 5.32 Å². The number of alkyl halides is 3. The third-order valence-corrected chi connectivity index (χ3v) is 3.08. The summed E-state index contributed by atoms with van der Waals surface area (Å²) in [4.78, 5) is 0. The molecule has 21 heavy (non-hydrogen) atoms. The van der Waals surface area contributed by atoms with Crippen molar-refractivity contribution >= 4 is 5.82 Å². The van der Waals surface area contributed by atoms with Gasteiger partial charge in [0.15, 0.2) is 0 Å². The van der Waals surface area contributed by atoms with E-state index in [9.17, 15) is 13.2 Å². The Balaban J connectivity index is 2.13. The number of anilines is 1. The Morgan fingerprint density at radius 2 is 1.90 bits per heavy atom. The van der Waals surface area contributed by atoms with E-state index < -0.39 is 11.7 Å². The van der Waals surface area contributed by atoms with E-state index >= 15 is 0 Å². The van der Waals surface area contributed by atoms with E-state index in [1.165, 1.54) is 16.8 Å². The van der Waals surface area contributed by atoms with Crippen molar-refractivity contribution in [1.29, 1.82) is 5.26 Å². The molecule has 1 aromatic carbocycles. The van der Waals surface area contributed by atoms with Gasteiger partial charge in [0.1, 0.15) is 17.5 Å². The summed E-state index contributed by atoms with van der Waals surface area (Å²) in [6.07, 6.45) is -4.33. The summed E-state index contributed by atoms with van der Waals surface area (Å²) in [7, 11) is 1.70. The van der Waals surface area contributed by atoms with Gasteiger partial charge in [0.2, 0.25) is 0 Å². The van der Waals surface area contributed by atoms with E-state index in [2.05, 4.69) is 16.5 Å². The highest BCUT2D eigenvalue weighted by Gasteiger charge is 2.29. The zero-order valence-electron chi connectivity index (χ0n) is 11.5. The molecule has 1 aromatic heterocycles. The molecule has 0 spiro atoms. The van der Waals surface area contributed by atoms with E-state index in [0.717, 1.165) is 12.1 Å². The Morgan fingerprint density at radius 1 is 1.29 bits per heavy atom. The minimum atomic E-state index is -4.33. The molecular formula is C14H13F3N4. The highest BCUT2D eigenvalue weighted by Crippen LogP contribution is 2.29. The average molecular weight is 294 g/mol. The lowest BCUT2D eigenvalue weighted by Crippen LogP contribution is -2.07. The topological polar surface area (TPSA) is 53.6 Å². The number of aryl methyl sites for hydroxylation is 2. The number of nitrogens with one attached hydrogen (secondary N) is 1. The highest BCUT2D eigenvalue weighted by molar-refractivity contribution is 5.55. The van der Waals surface area contributed by atoms with E-state index in [4.69, 9.17) is 5.26 Å². The van der Waals surface area contributed by atoms with Gasteiger partial charge in [-0.2, -0.15) is 23.5 Å². The largest absolute Gasteiger partial charge is 0.416 e. The smallest absolute Gasteiger partial charge is 0.365 e. The zero-order chi connectivity index (χ0) is 15.6. The van der Waals surface area contributed by atoms with Crippen molar-refractivity contribution in [2.75, 3.05) is 5.32 Å².